The molecule has 1 unspecified atom stereocenters. The number of nitrogens with zero attached hydrogens (tertiary/aromatic N) is 2. The van der Waals surface area contributed by atoms with E-state index in [1.165, 1.54) is 11.1 Å². The van der Waals surface area contributed by atoms with Crippen molar-refractivity contribution in [2.24, 2.45) is 10.9 Å². The summed E-state index contributed by atoms with van der Waals surface area (Å²) in [4.78, 5) is 6.70. The molecule has 0 radical (unpaired) electrons. The molecule has 0 aliphatic heterocycles. The van der Waals surface area contributed by atoms with Crippen molar-refractivity contribution in [2.45, 2.75) is 27.3 Å². The molecular formula is C16H28IN3O. The van der Waals surface area contributed by atoms with Crippen molar-refractivity contribution in [1.82, 2.24) is 10.2 Å². The van der Waals surface area contributed by atoms with E-state index in [0.717, 1.165) is 19.0 Å². The van der Waals surface area contributed by atoms with Crippen LogP contribution < -0.4 is 5.32 Å². The van der Waals surface area contributed by atoms with Crippen LogP contribution in [-0.2, 0) is 6.54 Å². The largest absolute Gasteiger partial charge is 0.396 e. The minimum absolute atomic E-state index is 0. The standard InChI is InChI=1S/C16H27N3O.HI/c1-5-17-16(18-10-13(2)12-20)19(4)11-15-9-7-6-8-14(15)3;/h6-9,13,20H,5,10-12H2,1-4H3,(H,17,18);1H. The number of hydrogen-bond donors (Lipinski definition) is 2. The third-order valence-corrected chi connectivity index (χ3v) is 3.23. The van der Waals surface area contributed by atoms with Gasteiger partial charge in [-0.05, 0) is 30.9 Å². The molecule has 120 valence electrons. The topological polar surface area (TPSA) is 47.9 Å². The fraction of sp³-hybridized carbons (Fsp3) is 0.562. The van der Waals surface area contributed by atoms with Gasteiger partial charge in [-0.25, -0.2) is 0 Å². The van der Waals surface area contributed by atoms with Gasteiger partial charge in [0.05, 0.1) is 0 Å². The molecule has 0 aromatic heterocycles. The van der Waals surface area contributed by atoms with Crippen molar-refractivity contribution in [3.8, 4) is 0 Å². The third-order valence-electron chi connectivity index (χ3n) is 3.23. The van der Waals surface area contributed by atoms with Gasteiger partial charge in [0.1, 0.15) is 0 Å². The molecule has 0 aliphatic carbocycles. The molecule has 1 aromatic rings. The molecule has 0 bridgehead atoms. The van der Waals surface area contributed by atoms with Gasteiger partial charge in [0.2, 0.25) is 0 Å². The molecule has 1 atom stereocenters. The quantitative estimate of drug-likeness (QED) is 0.435. The highest BCUT2D eigenvalue weighted by atomic mass is 127. The second-order valence-corrected chi connectivity index (χ2v) is 5.26. The number of nitrogens with one attached hydrogen (secondary N) is 1. The van der Waals surface area contributed by atoms with Gasteiger partial charge in [0.25, 0.3) is 0 Å². The lowest BCUT2D eigenvalue weighted by molar-refractivity contribution is 0.241. The van der Waals surface area contributed by atoms with E-state index < -0.39 is 0 Å². The normalized spacial score (nSPS) is 12.5. The Kier molecular flexibility index (Phi) is 10.4. The highest BCUT2D eigenvalue weighted by molar-refractivity contribution is 14.0. The Labute approximate surface area is 145 Å². The van der Waals surface area contributed by atoms with Crippen molar-refractivity contribution < 1.29 is 5.11 Å². The third kappa shape index (κ3) is 7.13. The van der Waals surface area contributed by atoms with E-state index in [2.05, 4.69) is 53.3 Å². The summed E-state index contributed by atoms with van der Waals surface area (Å²) in [7, 11) is 2.04. The summed E-state index contributed by atoms with van der Waals surface area (Å²) in [6.45, 7) is 8.65. The number of halogens is 1. The van der Waals surface area contributed by atoms with E-state index in [1.807, 2.05) is 14.0 Å². The zero-order chi connectivity index (χ0) is 15.0. The molecule has 0 fully saturated rings. The maximum atomic E-state index is 9.08. The van der Waals surface area contributed by atoms with Gasteiger partial charge in [0, 0.05) is 33.3 Å². The Balaban J connectivity index is 0.00000400. The first-order chi connectivity index (χ1) is 9.58. The van der Waals surface area contributed by atoms with Crippen molar-refractivity contribution in [1.29, 1.82) is 0 Å². The fourth-order valence-electron chi connectivity index (χ4n) is 1.89. The number of aliphatic hydroxyl groups is 1. The number of guanidine groups is 1. The number of aliphatic imine (C=N–C) groups is 1. The van der Waals surface area contributed by atoms with Gasteiger partial charge in [-0.2, -0.15) is 0 Å². The minimum atomic E-state index is 0. The smallest absolute Gasteiger partial charge is 0.193 e. The Hall–Kier alpha value is -0.820. The molecule has 1 rings (SSSR count). The Morgan fingerprint density at radius 1 is 1.38 bits per heavy atom. The SMILES string of the molecule is CCNC(=NCC(C)CO)N(C)Cc1ccccc1C.I. The minimum Gasteiger partial charge on any atom is -0.396 e. The van der Waals surface area contributed by atoms with E-state index in [1.54, 1.807) is 0 Å². The van der Waals surface area contributed by atoms with E-state index in [9.17, 15) is 0 Å². The van der Waals surface area contributed by atoms with E-state index in [4.69, 9.17) is 5.11 Å². The maximum absolute atomic E-state index is 9.08. The van der Waals surface area contributed by atoms with Gasteiger partial charge >= 0.3 is 0 Å². The molecule has 0 amide bonds. The van der Waals surface area contributed by atoms with Crippen LogP contribution in [0, 0.1) is 12.8 Å². The number of benzene rings is 1. The highest BCUT2D eigenvalue weighted by Gasteiger charge is 2.08. The van der Waals surface area contributed by atoms with Crippen molar-refractivity contribution >= 4 is 29.9 Å². The Morgan fingerprint density at radius 2 is 2.05 bits per heavy atom. The highest BCUT2D eigenvalue weighted by Crippen LogP contribution is 2.09. The van der Waals surface area contributed by atoms with Crippen LogP contribution in [0.15, 0.2) is 29.3 Å². The van der Waals surface area contributed by atoms with Gasteiger partial charge in [-0.15, -0.1) is 24.0 Å². The molecule has 2 N–H and O–H groups in total. The van der Waals surface area contributed by atoms with Crippen LogP contribution in [-0.4, -0.2) is 42.7 Å². The Morgan fingerprint density at radius 3 is 2.62 bits per heavy atom. The van der Waals surface area contributed by atoms with Gasteiger partial charge in [0.15, 0.2) is 5.96 Å². The molecule has 5 heteroatoms. The summed E-state index contributed by atoms with van der Waals surface area (Å²) in [5.41, 5.74) is 2.59. The van der Waals surface area contributed by atoms with Crippen LogP contribution in [0.4, 0.5) is 0 Å². The van der Waals surface area contributed by atoms with Crippen LogP contribution in [0.5, 0.6) is 0 Å². The lowest BCUT2D eigenvalue weighted by Crippen LogP contribution is -2.39. The molecule has 0 heterocycles. The average Bonchev–Trinajstić information content (AvgIpc) is 2.45. The molecular weight excluding hydrogens is 377 g/mol. The summed E-state index contributed by atoms with van der Waals surface area (Å²) in [5.74, 6) is 1.08. The number of rotatable bonds is 6. The van der Waals surface area contributed by atoms with E-state index in [0.29, 0.717) is 6.54 Å². The van der Waals surface area contributed by atoms with Gasteiger partial charge in [-0.1, -0.05) is 31.2 Å². The molecule has 21 heavy (non-hydrogen) atoms. The van der Waals surface area contributed by atoms with Crippen molar-refractivity contribution in [3.05, 3.63) is 35.4 Å². The number of aryl methyl sites for hydroxylation is 1. The second kappa shape index (κ2) is 10.8. The van der Waals surface area contributed by atoms with Crippen LogP contribution >= 0.6 is 24.0 Å². The predicted molar refractivity (Wildman–Crippen MR) is 100 cm³/mol. The zero-order valence-electron chi connectivity index (χ0n) is 13.5. The molecule has 0 aliphatic rings. The Bertz CT molecular complexity index is 437. The predicted octanol–water partition coefficient (Wildman–Crippen LogP) is 2.64. The second-order valence-electron chi connectivity index (χ2n) is 5.26. The molecule has 0 spiro atoms. The summed E-state index contributed by atoms with van der Waals surface area (Å²) < 4.78 is 0. The first-order valence-corrected chi connectivity index (χ1v) is 7.23. The number of aliphatic hydroxyl groups excluding tert-OH is 1. The average molecular weight is 405 g/mol. The summed E-state index contributed by atoms with van der Waals surface area (Å²) in [6.07, 6.45) is 0. The first kappa shape index (κ1) is 20.2. The monoisotopic (exact) mass is 405 g/mol. The number of hydrogen-bond acceptors (Lipinski definition) is 2. The van der Waals surface area contributed by atoms with Gasteiger partial charge in [-0.3, -0.25) is 4.99 Å². The summed E-state index contributed by atoms with van der Waals surface area (Å²) in [6, 6.07) is 8.39. The van der Waals surface area contributed by atoms with Crippen molar-refractivity contribution in [2.75, 3.05) is 26.7 Å². The molecule has 4 nitrogen and oxygen atoms in total. The fourth-order valence-corrected chi connectivity index (χ4v) is 1.89. The molecule has 0 saturated heterocycles. The van der Waals surface area contributed by atoms with Crippen molar-refractivity contribution in [3.63, 3.8) is 0 Å². The lowest BCUT2D eigenvalue weighted by Gasteiger charge is -2.23. The van der Waals surface area contributed by atoms with E-state index >= 15 is 0 Å². The lowest BCUT2D eigenvalue weighted by atomic mass is 10.1. The first-order valence-electron chi connectivity index (χ1n) is 7.23. The summed E-state index contributed by atoms with van der Waals surface area (Å²) in [5, 5.41) is 12.4. The zero-order valence-corrected chi connectivity index (χ0v) is 15.8. The van der Waals surface area contributed by atoms with E-state index in [-0.39, 0.29) is 36.5 Å². The maximum Gasteiger partial charge on any atom is 0.193 e. The van der Waals surface area contributed by atoms with Crippen LogP contribution in [0.2, 0.25) is 0 Å². The van der Waals surface area contributed by atoms with Gasteiger partial charge < -0.3 is 15.3 Å². The van der Waals surface area contributed by atoms with Crippen LogP contribution in [0.3, 0.4) is 0 Å². The summed E-state index contributed by atoms with van der Waals surface area (Å²) >= 11 is 0. The van der Waals surface area contributed by atoms with Crippen LogP contribution in [0.25, 0.3) is 0 Å². The molecule has 1 aromatic carbocycles. The molecule has 0 saturated carbocycles. The van der Waals surface area contributed by atoms with Crippen LogP contribution in [0.1, 0.15) is 25.0 Å².